The van der Waals surface area contributed by atoms with E-state index in [0.717, 1.165) is 6.26 Å². The number of pyridine rings is 1. The van der Waals surface area contributed by atoms with Crippen LogP contribution in [0.3, 0.4) is 0 Å². The summed E-state index contributed by atoms with van der Waals surface area (Å²) in [6, 6.07) is 9.15. The van der Waals surface area contributed by atoms with E-state index in [4.69, 9.17) is 15.7 Å². The van der Waals surface area contributed by atoms with Crippen LogP contribution in [-0.4, -0.2) is 30.7 Å². The predicted molar refractivity (Wildman–Crippen MR) is 76.4 cm³/mol. The summed E-state index contributed by atoms with van der Waals surface area (Å²) in [4.78, 5) is 4.07. The first-order chi connectivity index (χ1) is 9.90. The van der Waals surface area contributed by atoms with Crippen molar-refractivity contribution in [2.45, 2.75) is 4.90 Å². The maximum absolute atomic E-state index is 11.5. The van der Waals surface area contributed by atoms with Gasteiger partial charge >= 0.3 is 0 Å². The molecular formula is C13H13N3O4S. The van der Waals surface area contributed by atoms with Gasteiger partial charge in [0.15, 0.2) is 15.7 Å². The molecule has 0 aliphatic carbocycles. The highest BCUT2D eigenvalue weighted by Crippen LogP contribution is 2.24. The van der Waals surface area contributed by atoms with Crippen LogP contribution in [0.4, 0.5) is 0 Å². The van der Waals surface area contributed by atoms with E-state index < -0.39 is 9.84 Å². The number of sulfone groups is 1. The van der Waals surface area contributed by atoms with E-state index in [1.807, 2.05) is 0 Å². The van der Waals surface area contributed by atoms with Crippen LogP contribution in [-0.2, 0) is 9.84 Å². The summed E-state index contributed by atoms with van der Waals surface area (Å²) in [6.07, 6.45) is 2.55. The SMILES string of the molecule is CS(=O)(=O)c1cccc(Oc2ccnc(C(N)=NO)c2)c1. The highest BCUT2D eigenvalue weighted by atomic mass is 32.2. The third-order valence-corrected chi connectivity index (χ3v) is 3.68. The molecule has 0 amide bonds. The first-order valence-electron chi connectivity index (χ1n) is 5.82. The third-order valence-electron chi connectivity index (χ3n) is 2.57. The Hall–Kier alpha value is -2.61. The number of amidine groups is 1. The molecule has 0 bridgehead atoms. The topological polar surface area (TPSA) is 115 Å². The summed E-state index contributed by atoms with van der Waals surface area (Å²) in [6.45, 7) is 0. The van der Waals surface area contributed by atoms with Crippen LogP contribution >= 0.6 is 0 Å². The number of hydrogen-bond acceptors (Lipinski definition) is 6. The Morgan fingerprint density at radius 3 is 2.67 bits per heavy atom. The molecule has 8 heteroatoms. The van der Waals surface area contributed by atoms with Crippen molar-refractivity contribution in [3.63, 3.8) is 0 Å². The first kappa shape index (κ1) is 14.8. The maximum Gasteiger partial charge on any atom is 0.188 e. The Bertz CT molecular complexity index is 788. The molecule has 0 aliphatic heterocycles. The quantitative estimate of drug-likeness (QED) is 0.381. The van der Waals surface area contributed by atoms with Gasteiger partial charge in [-0.1, -0.05) is 11.2 Å². The van der Waals surface area contributed by atoms with Gasteiger partial charge in [0.1, 0.15) is 17.2 Å². The minimum atomic E-state index is -3.31. The van der Waals surface area contributed by atoms with Crippen LogP contribution in [0.25, 0.3) is 0 Å². The summed E-state index contributed by atoms with van der Waals surface area (Å²) < 4.78 is 28.5. The van der Waals surface area contributed by atoms with Crippen molar-refractivity contribution < 1.29 is 18.4 Å². The van der Waals surface area contributed by atoms with Gasteiger partial charge in [0.25, 0.3) is 0 Å². The van der Waals surface area contributed by atoms with Crippen LogP contribution in [0.1, 0.15) is 5.69 Å². The smallest absolute Gasteiger partial charge is 0.188 e. The molecule has 110 valence electrons. The molecule has 0 spiro atoms. The molecule has 0 saturated heterocycles. The molecule has 21 heavy (non-hydrogen) atoms. The summed E-state index contributed by atoms with van der Waals surface area (Å²) in [5.74, 6) is 0.595. The van der Waals surface area contributed by atoms with Crippen molar-refractivity contribution in [1.29, 1.82) is 0 Å². The van der Waals surface area contributed by atoms with Gasteiger partial charge in [0.05, 0.1) is 4.90 Å². The van der Waals surface area contributed by atoms with Crippen molar-refractivity contribution in [1.82, 2.24) is 4.98 Å². The largest absolute Gasteiger partial charge is 0.457 e. The van der Waals surface area contributed by atoms with Gasteiger partial charge in [-0.2, -0.15) is 0 Å². The molecule has 0 radical (unpaired) electrons. The molecule has 0 unspecified atom stereocenters. The van der Waals surface area contributed by atoms with Crippen molar-refractivity contribution in [2.24, 2.45) is 10.9 Å². The molecule has 0 aliphatic rings. The number of hydrogen-bond donors (Lipinski definition) is 2. The third kappa shape index (κ3) is 3.69. The van der Waals surface area contributed by atoms with E-state index in [9.17, 15) is 8.42 Å². The van der Waals surface area contributed by atoms with Crippen molar-refractivity contribution in [3.05, 3.63) is 48.3 Å². The average molecular weight is 307 g/mol. The second-order valence-electron chi connectivity index (χ2n) is 4.21. The fourth-order valence-corrected chi connectivity index (χ4v) is 2.23. The first-order valence-corrected chi connectivity index (χ1v) is 7.71. The summed E-state index contributed by atoms with van der Waals surface area (Å²) in [5, 5.41) is 11.5. The normalized spacial score (nSPS) is 12.1. The van der Waals surface area contributed by atoms with E-state index in [0.29, 0.717) is 11.5 Å². The molecule has 7 nitrogen and oxygen atoms in total. The monoisotopic (exact) mass is 307 g/mol. The standard InChI is InChI=1S/C13H13N3O4S/c1-21(18,19)11-4-2-3-9(7-11)20-10-5-6-15-12(8-10)13(14)16-17/h2-8,17H,1H3,(H2,14,16). The van der Waals surface area contributed by atoms with E-state index in [1.54, 1.807) is 18.2 Å². The van der Waals surface area contributed by atoms with E-state index in [-0.39, 0.29) is 16.4 Å². The van der Waals surface area contributed by atoms with E-state index >= 15 is 0 Å². The number of oxime groups is 1. The van der Waals surface area contributed by atoms with E-state index in [2.05, 4.69) is 10.1 Å². The molecule has 0 fully saturated rings. The lowest BCUT2D eigenvalue weighted by Crippen LogP contribution is -2.14. The van der Waals surface area contributed by atoms with Crippen LogP contribution in [0.5, 0.6) is 11.5 Å². The van der Waals surface area contributed by atoms with Gasteiger partial charge < -0.3 is 15.7 Å². The Morgan fingerprint density at radius 1 is 1.29 bits per heavy atom. The summed E-state index contributed by atoms with van der Waals surface area (Å²) >= 11 is 0. The van der Waals surface area contributed by atoms with Gasteiger partial charge in [0.2, 0.25) is 0 Å². The van der Waals surface area contributed by atoms with Crippen LogP contribution in [0.2, 0.25) is 0 Å². The minimum Gasteiger partial charge on any atom is -0.457 e. The Balaban J connectivity index is 2.31. The zero-order valence-corrected chi connectivity index (χ0v) is 11.9. The molecule has 2 rings (SSSR count). The number of rotatable bonds is 4. The predicted octanol–water partition coefficient (Wildman–Crippen LogP) is 1.37. The summed E-state index contributed by atoms with van der Waals surface area (Å²) in [5.41, 5.74) is 5.69. The second-order valence-corrected chi connectivity index (χ2v) is 6.23. The molecule has 3 N–H and O–H groups in total. The number of benzene rings is 1. The van der Waals surface area contributed by atoms with Crippen LogP contribution < -0.4 is 10.5 Å². The number of nitrogens with zero attached hydrogens (tertiary/aromatic N) is 2. The minimum absolute atomic E-state index is 0.148. The maximum atomic E-state index is 11.5. The Kier molecular flexibility index (Phi) is 4.08. The number of nitrogens with two attached hydrogens (primary N) is 1. The number of aromatic nitrogens is 1. The van der Waals surface area contributed by atoms with E-state index in [1.165, 1.54) is 24.4 Å². The van der Waals surface area contributed by atoms with Gasteiger partial charge in [-0.3, -0.25) is 4.98 Å². The summed E-state index contributed by atoms with van der Waals surface area (Å²) in [7, 11) is -3.31. The molecule has 1 heterocycles. The lowest BCUT2D eigenvalue weighted by atomic mass is 10.3. The van der Waals surface area contributed by atoms with Crippen molar-refractivity contribution in [3.8, 4) is 11.5 Å². The molecule has 1 aromatic heterocycles. The van der Waals surface area contributed by atoms with Gasteiger partial charge in [-0.05, 0) is 24.3 Å². The molecule has 1 aromatic carbocycles. The van der Waals surface area contributed by atoms with Gasteiger partial charge in [-0.25, -0.2) is 8.42 Å². The van der Waals surface area contributed by atoms with Crippen LogP contribution in [0, 0.1) is 0 Å². The highest BCUT2D eigenvalue weighted by molar-refractivity contribution is 7.90. The van der Waals surface area contributed by atoms with Crippen molar-refractivity contribution in [2.75, 3.05) is 6.26 Å². The lowest BCUT2D eigenvalue weighted by molar-refractivity contribution is 0.318. The zero-order chi connectivity index (χ0) is 15.5. The van der Waals surface area contributed by atoms with Gasteiger partial charge in [-0.15, -0.1) is 0 Å². The van der Waals surface area contributed by atoms with Crippen molar-refractivity contribution >= 4 is 15.7 Å². The zero-order valence-electron chi connectivity index (χ0n) is 11.1. The number of ether oxygens (including phenoxy) is 1. The highest BCUT2D eigenvalue weighted by Gasteiger charge is 2.09. The molecule has 0 saturated carbocycles. The molecule has 0 atom stereocenters. The fraction of sp³-hybridized carbons (Fsp3) is 0.0769. The molecular weight excluding hydrogens is 294 g/mol. The van der Waals surface area contributed by atoms with Crippen LogP contribution in [0.15, 0.2) is 52.6 Å². The van der Waals surface area contributed by atoms with Gasteiger partial charge in [0, 0.05) is 18.5 Å². The fourth-order valence-electron chi connectivity index (χ4n) is 1.57. The Morgan fingerprint density at radius 2 is 2.00 bits per heavy atom. The Labute approximate surface area is 121 Å². The lowest BCUT2D eigenvalue weighted by Gasteiger charge is -2.08. The molecule has 2 aromatic rings. The average Bonchev–Trinajstić information content (AvgIpc) is 2.46. The second kappa shape index (κ2) is 5.80.